The first-order chi connectivity index (χ1) is 9.99. The first-order valence-corrected chi connectivity index (χ1v) is 6.99. The molecule has 0 aliphatic heterocycles. The minimum atomic E-state index is -0.913. The number of nitrogens with two attached hydrogens (primary N) is 1. The molecule has 0 spiro atoms. The highest BCUT2D eigenvalue weighted by atomic mass is 19.1. The number of hydrogen-bond acceptors (Lipinski definition) is 3. The summed E-state index contributed by atoms with van der Waals surface area (Å²) in [5.74, 6) is -0.228. The highest BCUT2D eigenvalue weighted by Gasteiger charge is 2.51. The number of halogens is 1. The summed E-state index contributed by atoms with van der Waals surface area (Å²) < 4.78 is 13.5. The van der Waals surface area contributed by atoms with Crippen molar-refractivity contribution in [2.75, 3.05) is 6.54 Å². The van der Waals surface area contributed by atoms with Gasteiger partial charge in [-0.3, -0.25) is 4.79 Å². The van der Waals surface area contributed by atoms with Crippen molar-refractivity contribution in [1.29, 1.82) is 0 Å². The lowest BCUT2D eigenvalue weighted by atomic mass is 9.61. The van der Waals surface area contributed by atoms with Crippen LogP contribution in [0.25, 0.3) is 0 Å². The van der Waals surface area contributed by atoms with Gasteiger partial charge in [-0.05, 0) is 36.8 Å². The predicted molar refractivity (Wildman–Crippen MR) is 77.4 cm³/mol. The Hall–Kier alpha value is -2.11. The fourth-order valence-electron chi connectivity index (χ4n) is 2.92. The molecule has 1 aliphatic rings. The van der Waals surface area contributed by atoms with Gasteiger partial charge in [0.1, 0.15) is 11.2 Å². The fraction of sp³-hybridized carbons (Fsp3) is 0.467. The maximum absolute atomic E-state index is 13.5. The van der Waals surface area contributed by atoms with Crippen LogP contribution in [-0.2, 0) is 11.2 Å². The molecule has 0 atom stereocenters. The third kappa shape index (κ3) is 2.99. The van der Waals surface area contributed by atoms with Crippen LogP contribution >= 0.6 is 0 Å². The number of amides is 1. The lowest BCUT2D eigenvalue weighted by molar-refractivity contribution is -0.133. The fourth-order valence-corrected chi connectivity index (χ4v) is 2.92. The number of rotatable bonds is 5. The van der Waals surface area contributed by atoms with Gasteiger partial charge in [-0.2, -0.15) is 0 Å². The smallest absolute Gasteiger partial charge is 0.233 e. The number of nitrogens with zero attached hydrogens (tertiary/aromatic N) is 1. The molecule has 0 radical (unpaired) electrons. The molecule has 5 nitrogen and oxygen atoms in total. The van der Waals surface area contributed by atoms with Gasteiger partial charge in [-0.1, -0.05) is 30.3 Å². The maximum Gasteiger partial charge on any atom is 0.233 e. The van der Waals surface area contributed by atoms with Crippen molar-refractivity contribution in [3.05, 3.63) is 35.6 Å². The van der Waals surface area contributed by atoms with Crippen molar-refractivity contribution in [3.8, 4) is 0 Å². The Morgan fingerprint density at radius 3 is 2.76 bits per heavy atom. The van der Waals surface area contributed by atoms with Gasteiger partial charge >= 0.3 is 0 Å². The van der Waals surface area contributed by atoms with Crippen LogP contribution in [-0.4, -0.2) is 23.5 Å². The zero-order valence-electron chi connectivity index (χ0n) is 12.0. The van der Waals surface area contributed by atoms with Gasteiger partial charge in [0.25, 0.3) is 0 Å². The first kappa shape index (κ1) is 15.3. The minimum Gasteiger partial charge on any atom is -0.409 e. The van der Waals surface area contributed by atoms with E-state index in [9.17, 15) is 9.18 Å². The van der Waals surface area contributed by atoms with Gasteiger partial charge in [0.05, 0.1) is 0 Å². The summed E-state index contributed by atoms with van der Waals surface area (Å²) in [5.41, 5.74) is 5.30. The van der Waals surface area contributed by atoms with Crippen molar-refractivity contribution >= 4 is 11.7 Å². The third-order valence-corrected chi connectivity index (χ3v) is 4.06. The van der Waals surface area contributed by atoms with Crippen LogP contribution in [0.3, 0.4) is 0 Å². The molecule has 1 amide bonds. The molecule has 2 rings (SSSR count). The average molecular weight is 293 g/mol. The number of carbonyl (C=O) groups is 1. The molecule has 0 aromatic heterocycles. The summed E-state index contributed by atoms with van der Waals surface area (Å²) in [4.78, 5) is 12.3. The van der Waals surface area contributed by atoms with Crippen LogP contribution in [0.1, 0.15) is 25.3 Å². The molecular formula is C15H20FN3O2. The number of nitrogens with one attached hydrogen (secondary N) is 1. The van der Waals surface area contributed by atoms with Crippen LogP contribution < -0.4 is 11.1 Å². The number of hydrogen-bond donors (Lipinski definition) is 3. The molecule has 0 saturated heterocycles. The molecule has 1 saturated carbocycles. The molecule has 114 valence electrons. The molecule has 1 aromatic rings. The number of amidine groups is 1. The molecule has 0 unspecified atom stereocenters. The van der Waals surface area contributed by atoms with Crippen molar-refractivity contribution < 1.29 is 14.4 Å². The van der Waals surface area contributed by atoms with E-state index in [2.05, 4.69) is 10.5 Å². The summed E-state index contributed by atoms with van der Waals surface area (Å²) in [7, 11) is 0. The van der Waals surface area contributed by atoms with Gasteiger partial charge < -0.3 is 16.3 Å². The van der Waals surface area contributed by atoms with E-state index in [4.69, 9.17) is 10.9 Å². The molecule has 0 bridgehead atoms. The van der Waals surface area contributed by atoms with Crippen LogP contribution in [0.2, 0.25) is 0 Å². The van der Waals surface area contributed by atoms with Gasteiger partial charge in [-0.15, -0.1) is 0 Å². The molecule has 21 heavy (non-hydrogen) atoms. The van der Waals surface area contributed by atoms with Crippen molar-refractivity contribution in [1.82, 2.24) is 5.32 Å². The summed E-state index contributed by atoms with van der Waals surface area (Å²) in [6, 6.07) is 6.46. The minimum absolute atomic E-state index is 0.0519. The van der Waals surface area contributed by atoms with Crippen LogP contribution in [0.15, 0.2) is 29.4 Å². The Balaban J connectivity index is 1.94. The second-order valence-corrected chi connectivity index (χ2v) is 5.68. The van der Waals surface area contributed by atoms with E-state index in [1.54, 1.807) is 18.2 Å². The Labute approximate surface area is 123 Å². The van der Waals surface area contributed by atoms with E-state index in [1.165, 1.54) is 6.07 Å². The molecule has 4 N–H and O–H groups in total. The molecule has 1 aliphatic carbocycles. The SMILES string of the molecule is CC1CC(C(=O)NCCc2ccccc2F)(/C(N)=N/O)C1. The van der Waals surface area contributed by atoms with Crippen molar-refractivity contribution in [2.45, 2.75) is 26.2 Å². The third-order valence-electron chi connectivity index (χ3n) is 4.06. The predicted octanol–water partition coefficient (Wildman–Crippen LogP) is 1.65. The number of oxime groups is 1. The summed E-state index contributed by atoms with van der Waals surface area (Å²) in [6.45, 7) is 2.32. The van der Waals surface area contributed by atoms with Crippen LogP contribution in [0.4, 0.5) is 4.39 Å². The quantitative estimate of drug-likeness (QED) is 0.334. The average Bonchev–Trinajstić information content (AvgIpc) is 2.44. The Morgan fingerprint density at radius 2 is 2.19 bits per heavy atom. The normalized spacial score (nSPS) is 25.2. The Morgan fingerprint density at radius 1 is 1.52 bits per heavy atom. The van der Waals surface area contributed by atoms with E-state index in [-0.39, 0.29) is 17.6 Å². The van der Waals surface area contributed by atoms with E-state index >= 15 is 0 Å². The zero-order valence-corrected chi connectivity index (χ0v) is 12.0. The summed E-state index contributed by atoms with van der Waals surface area (Å²) >= 11 is 0. The second kappa shape index (κ2) is 6.11. The Bertz CT molecular complexity index is 554. The highest BCUT2D eigenvalue weighted by Crippen LogP contribution is 2.45. The van der Waals surface area contributed by atoms with Gasteiger partial charge in [0, 0.05) is 6.54 Å². The summed E-state index contributed by atoms with van der Waals surface area (Å²) in [6.07, 6.45) is 1.53. The molecule has 0 heterocycles. The second-order valence-electron chi connectivity index (χ2n) is 5.68. The number of benzene rings is 1. The van der Waals surface area contributed by atoms with Crippen molar-refractivity contribution in [2.24, 2.45) is 22.2 Å². The molecule has 6 heteroatoms. The number of carbonyl (C=O) groups excluding carboxylic acids is 1. The standard InChI is InChI=1S/C15H20FN3O2/c1-10-8-15(9-10,13(17)19-21)14(20)18-7-6-11-4-2-3-5-12(11)16/h2-5,10,21H,6-9H2,1H3,(H2,17,19)(H,18,20). The van der Waals surface area contributed by atoms with E-state index < -0.39 is 5.41 Å². The molecule has 1 aromatic carbocycles. The lowest BCUT2D eigenvalue weighted by Gasteiger charge is -2.43. The van der Waals surface area contributed by atoms with E-state index in [0.717, 1.165) is 0 Å². The molecule has 1 fully saturated rings. The highest BCUT2D eigenvalue weighted by molar-refractivity contribution is 6.07. The van der Waals surface area contributed by atoms with Crippen molar-refractivity contribution in [3.63, 3.8) is 0 Å². The van der Waals surface area contributed by atoms with Gasteiger partial charge in [0.15, 0.2) is 5.84 Å². The van der Waals surface area contributed by atoms with Gasteiger partial charge in [0.2, 0.25) is 5.91 Å². The monoisotopic (exact) mass is 293 g/mol. The summed E-state index contributed by atoms with van der Waals surface area (Å²) in [5, 5.41) is 14.6. The zero-order chi connectivity index (χ0) is 15.5. The maximum atomic E-state index is 13.5. The lowest BCUT2D eigenvalue weighted by Crippen LogP contribution is -2.57. The largest absolute Gasteiger partial charge is 0.409 e. The Kier molecular flexibility index (Phi) is 4.45. The topological polar surface area (TPSA) is 87.7 Å². The van der Waals surface area contributed by atoms with Gasteiger partial charge in [-0.25, -0.2) is 4.39 Å². The molecular weight excluding hydrogens is 273 g/mol. The first-order valence-electron chi connectivity index (χ1n) is 6.99. The van der Waals surface area contributed by atoms with Crippen LogP contribution in [0, 0.1) is 17.2 Å². The van der Waals surface area contributed by atoms with Crippen LogP contribution in [0.5, 0.6) is 0 Å². The van der Waals surface area contributed by atoms with E-state index in [1.807, 2.05) is 6.92 Å². The van der Waals surface area contributed by atoms with E-state index in [0.29, 0.717) is 37.3 Å².